The van der Waals surface area contributed by atoms with Crippen molar-refractivity contribution in [2.75, 3.05) is 6.61 Å². The van der Waals surface area contributed by atoms with Gasteiger partial charge in [0.05, 0.1) is 28.8 Å². The zero-order valence-electron chi connectivity index (χ0n) is 17.1. The molecule has 0 saturated heterocycles. The van der Waals surface area contributed by atoms with Crippen molar-refractivity contribution in [1.82, 2.24) is 0 Å². The van der Waals surface area contributed by atoms with Gasteiger partial charge in [-0.1, -0.05) is 35.9 Å². The molecule has 0 amide bonds. The Morgan fingerprint density at radius 1 is 1.09 bits per heavy atom. The SMILES string of the molecule is CCOc1cc(/C=C(/C#N)c2ccc(F)cc2)cc(Cl)c1OCc1ccc(C(=O)O)cc1. The quantitative estimate of drug-likeness (QED) is 0.325. The van der Waals surface area contributed by atoms with Gasteiger partial charge in [-0.15, -0.1) is 0 Å². The summed E-state index contributed by atoms with van der Waals surface area (Å²) in [6.45, 7) is 2.36. The molecule has 0 radical (unpaired) electrons. The molecule has 0 heterocycles. The Hall–Kier alpha value is -3.82. The van der Waals surface area contributed by atoms with E-state index in [0.717, 1.165) is 5.56 Å². The monoisotopic (exact) mass is 451 g/mol. The molecular formula is C25H19ClFNO4. The number of ether oxygens (including phenoxy) is 2. The van der Waals surface area contributed by atoms with Gasteiger partial charge in [0.1, 0.15) is 12.4 Å². The molecule has 0 saturated carbocycles. The Balaban J connectivity index is 1.87. The molecule has 7 heteroatoms. The molecule has 0 bridgehead atoms. The fourth-order valence-electron chi connectivity index (χ4n) is 2.95. The summed E-state index contributed by atoms with van der Waals surface area (Å²) in [7, 11) is 0. The van der Waals surface area contributed by atoms with Crippen molar-refractivity contribution in [3.8, 4) is 17.6 Å². The lowest BCUT2D eigenvalue weighted by Crippen LogP contribution is -2.02. The number of carboxylic acid groups (broad SMARTS) is 1. The molecular weight excluding hydrogens is 433 g/mol. The van der Waals surface area contributed by atoms with Gasteiger partial charge in [0, 0.05) is 0 Å². The second-order valence-electron chi connectivity index (χ2n) is 6.73. The lowest BCUT2D eigenvalue weighted by molar-refractivity contribution is 0.0697. The first-order chi connectivity index (χ1) is 15.4. The van der Waals surface area contributed by atoms with Crippen LogP contribution in [0, 0.1) is 17.1 Å². The molecule has 0 unspecified atom stereocenters. The molecule has 0 atom stereocenters. The highest BCUT2D eigenvalue weighted by Gasteiger charge is 2.14. The van der Waals surface area contributed by atoms with Crippen molar-refractivity contribution < 1.29 is 23.8 Å². The molecule has 0 aliphatic carbocycles. The zero-order chi connectivity index (χ0) is 23.1. The van der Waals surface area contributed by atoms with Gasteiger partial charge < -0.3 is 14.6 Å². The molecule has 0 aliphatic heterocycles. The second-order valence-corrected chi connectivity index (χ2v) is 7.14. The van der Waals surface area contributed by atoms with Crippen LogP contribution in [0.1, 0.15) is 34.0 Å². The Morgan fingerprint density at radius 2 is 1.75 bits per heavy atom. The average Bonchev–Trinajstić information content (AvgIpc) is 2.78. The minimum absolute atomic E-state index is 0.161. The minimum atomic E-state index is -1.000. The highest BCUT2D eigenvalue weighted by Crippen LogP contribution is 2.38. The first-order valence-corrected chi connectivity index (χ1v) is 10.1. The van der Waals surface area contributed by atoms with Crippen molar-refractivity contribution in [2.45, 2.75) is 13.5 Å². The van der Waals surface area contributed by atoms with E-state index in [9.17, 15) is 14.4 Å². The summed E-state index contributed by atoms with van der Waals surface area (Å²) >= 11 is 6.45. The third-order valence-corrected chi connectivity index (χ3v) is 4.78. The Labute approximate surface area is 189 Å². The van der Waals surface area contributed by atoms with Crippen molar-refractivity contribution in [3.05, 3.63) is 93.8 Å². The smallest absolute Gasteiger partial charge is 0.335 e. The average molecular weight is 452 g/mol. The van der Waals surface area contributed by atoms with Crippen LogP contribution in [-0.2, 0) is 6.61 Å². The highest BCUT2D eigenvalue weighted by molar-refractivity contribution is 6.32. The van der Waals surface area contributed by atoms with Gasteiger partial charge in [-0.25, -0.2) is 9.18 Å². The normalized spacial score (nSPS) is 11.0. The summed E-state index contributed by atoms with van der Waals surface area (Å²) in [5.74, 6) is -0.634. The molecule has 0 aromatic heterocycles. The van der Waals surface area contributed by atoms with Crippen LogP contribution in [0.3, 0.4) is 0 Å². The van der Waals surface area contributed by atoms with Crippen molar-refractivity contribution in [3.63, 3.8) is 0 Å². The fraction of sp³-hybridized carbons (Fsp3) is 0.120. The molecule has 0 aliphatic rings. The van der Waals surface area contributed by atoms with E-state index < -0.39 is 5.97 Å². The van der Waals surface area contributed by atoms with E-state index in [4.69, 9.17) is 26.2 Å². The Bertz CT molecular complexity index is 1180. The molecule has 0 spiro atoms. The molecule has 3 rings (SSSR count). The maximum Gasteiger partial charge on any atom is 0.335 e. The van der Waals surface area contributed by atoms with Crippen LogP contribution < -0.4 is 9.47 Å². The number of nitriles is 1. The van der Waals surface area contributed by atoms with E-state index in [1.54, 1.807) is 30.3 Å². The molecule has 1 N–H and O–H groups in total. The Kier molecular flexibility index (Phi) is 7.48. The number of hydrogen-bond donors (Lipinski definition) is 1. The number of benzene rings is 3. The lowest BCUT2D eigenvalue weighted by Gasteiger charge is -2.15. The summed E-state index contributed by atoms with van der Waals surface area (Å²) < 4.78 is 24.7. The molecule has 162 valence electrons. The minimum Gasteiger partial charge on any atom is -0.490 e. The summed E-state index contributed by atoms with van der Waals surface area (Å²) in [6, 6.07) is 17.4. The first kappa shape index (κ1) is 22.9. The van der Waals surface area contributed by atoms with E-state index in [1.165, 1.54) is 36.4 Å². The number of aromatic carboxylic acids is 1. The lowest BCUT2D eigenvalue weighted by atomic mass is 10.0. The van der Waals surface area contributed by atoms with Crippen LogP contribution in [0.15, 0.2) is 60.7 Å². The predicted molar refractivity (Wildman–Crippen MR) is 120 cm³/mol. The van der Waals surface area contributed by atoms with E-state index in [-0.39, 0.29) is 18.0 Å². The number of allylic oxidation sites excluding steroid dienone is 1. The summed E-state index contributed by atoms with van der Waals surface area (Å²) in [4.78, 5) is 11.0. The third kappa shape index (κ3) is 5.65. The number of hydrogen-bond acceptors (Lipinski definition) is 4. The summed E-state index contributed by atoms with van der Waals surface area (Å²) in [5, 5.41) is 18.8. The van der Waals surface area contributed by atoms with Crippen LogP contribution in [0.5, 0.6) is 11.5 Å². The molecule has 32 heavy (non-hydrogen) atoms. The highest BCUT2D eigenvalue weighted by atomic mass is 35.5. The second kappa shape index (κ2) is 10.5. The van der Waals surface area contributed by atoms with Crippen molar-refractivity contribution >= 4 is 29.2 Å². The summed E-state index contributed by atoms with van der Waals surface area (Å²) in [5.41, 5.74) is 2.49. The third-order valence-electron chi connectivity index (χ3n) is 4.50. The van der Waals surface area contributed by atoms with Crippen molar-refractivity contribution in [2.24, 2.45) is 0 Å². The molecule has 0 fully saturated rings. The van der Waals surface area contributed by atoms with Gasteiger partial charge in [-0.05, 0) is 66.1 Å². The van der Waals surface area contributed by atoms with E-state index in [1.807, 2.05) is 6.92 Å². The van der Waals surface area contributed by atoms with Crippen molar-refractivity contribution in [1.29, 1.82) is 5.26 Å². The largest absolute Gasteiger partial charge is 0.490 e. The van der Waals surface area contributed by atoms with Gasteiger partial charge in [0.2, 0.25) is 0 Å². The van der Waals surface area contributed by atoms with Gasteiger partial charge in [-0.3, -0.25) is 0 Å². The molecule has 5 nitrogen and oxygen atoms in total. The van der Waals surface area contributed by atoms with Gasteiger partial charge in [-0.2, -0.15) is 5.26 Å². The number of rotatable bonds is 8. The van der Waals surface area contributed by atoms with E-state index in [0.29, 0.717) is 39.8 Å². The van der Waals surface area contributed by atoms with Crippen LogP contribution in [0.25, 0.3) is 11.6 Å². The standard InChI is InChI=1S/C25H19ClFNO4/c1-2-31-23-13-17(11-20(14-28)18-7-9-21(27)10-8-18)12-22(26)24(23)32-15-16-3-5-19(6-4-16)25(29)30/h3-13H,2,15H2,1H3,(H,29,30)/b20-11-. The van der Waals surface area contributed by atoms with Gasteiger partial charge in [0.15, 0.2) is 11.5 Å². The van der Waals surface area contributed by atoms with E-state index in [2.05, 4.69) is 6.07 Å². The van der Waals surface area contributed by atoms with Gasteiger partial charge >= 0.3 is 5.97 Å². The zero-order valence-corrected chi connectivity index (χ0v) is 17.9. The van der Waals surface area contributed by atoms with Crippen LogP contribution in [0.4, 0.5) is 4.39 Å². The molecule has 3 aromatic carbocycles. The fourth-order valence-corrected chi connectivity index (χ4v) is 3.22. The first-order valence-electron chi connectivity index (χ1n) is 9.70. The number of carboxylic acids is 1. The Morgan fingerprint density at radius 3 is 2.34 bits per heavy atom. The maximum atomic E-state index is 13.2. The summed E-state index contributed by atoms with van der Waals surface area (Å²) in [6.07, 6.45) is 1.63. The van der Waals surface area contributed by atoms with Crippen LogP contribution in [-0.4, -0.2) is 17.7 Å². The molecule has 3 aromatic rings. The number of carbonyl (C=O) groups is 1. The number of halogens is 2. The predicted octanol–water partition coefficient (Wildman–Crippen LogP) is 6.22. The van der Waals surface area contributed by atoms with Crippen LogP contribution >= 0.6 is 11.6 Å². The topological polar surface area (TPSA) is 79.5 Å². The van der Waals surface area contributed by atoms with Gasteiger partial charge in [0.25, 0.3) is 0 Å². The number of nitrogens with zero attached hydrogens (tertiary/aromatic N) is 1. The van der Waals surface area contributed by atoms with E-state index >= 15 is 0 Å². The maximum absolute atomic E-state index is 13.2. The van der Waals surface area contributed by atoms with Crippen LogP contribution in [0.2, 0.25) is 5.02 Å².